The molecule has 30 heavy (non-hydrogen) atoms. The number of aromatic carboxylic acids is 1. The molecule has 0 aliphatic carbocycles. The van der Waals surface area contributed by atoms with Crippen molar-refractivity contribution in [3.8, 4) is 22.6 Å². The molecular weight excluding hydrogens is 376 g/mol. The first-order valence-corrected chi connectivity index (χ1v) is 10.3. The molecule has 0 saturated carbocycles. The van der Waals surface area contributed by atoms with Gasteiger partial charge in [0.05, 0.1) is 12.2 Å². The molecule has 0 amide bonds. The van der Waals surface area contributed by atoms with Gasteiger partial charge in [-0.1, -0.05) is 36.4 Å². The number of fused-ring (bicyclic) bond motifs is 1. The minimum absolute atomic E-state index is 0.272. The van der Waals surface area contributed by atoms with Gasteiger partial charge in [-0.3, -0.25) is 0 Å². The summed E-state index contributed by atoms with van der Waals surface area (Å²) in [4.78, 5) is 11.1. The van der Waals surface area contributed by atoms with Gasteiger partial charge in [0.1, 0.15) is 17.1 Å². The third-order valence-electron chi connectivity index (χ3n) is 5.62. The van der Waals surface area contributed by atoms with Crippen LogP contribution < -0.4 is 9.47 Å². The molecule has 0 bridgehead atoms. The Labute approximate surface area is 177 Å². The van der Waals surface area contributed by atoms with Crippen LogP contribution in [0.5, 0.6) is 11.5 Å². The van der Waals surface area contributed by atoms with Crippen LogP contribution in [-0.4, -0.2) is 23.3 Å². The number of hydrogen-bond donors (Lipinski definition) is 1. The molecule has 4 heteroatoms. The number of rotatable bonds is 6. The summed E-state index contributed by atoms with van der Waals surface area (Å²) in [6, 6.07) is 21.4. The number of carboxylic acids is 1. The maximum Gasteiger partial charge on any atom is 0.335 e. The second kappa shape index (κ2) is 8.23. The lowest BCUT2D eigenvalue weighted by atomic mass is 9.86. The molecule has 0 saturated heterocycles. The molecule has 4 rings (SSSR count). The minimum atomic E-state index is -0.916. The fourth-order valence-electron chi connectivity index (χ4n) is 3.98. The predicted molar refractivity (Wildman–Crippen MR) is 118 cm³/mol. The van der Waals surface area contributed by atoms with Crippen LogP contribution in [0.1, 0.15) is 41.8 Å². The second-order valence-corrected chi connectivity index (χ2v) is 8.01. The standard InChI is InChI=1S/C26H26O4/c1-3-29-23-12-4-18(5-13-23)17-26(2)15-14-20-8-11-22(16-24(20)30-26)19-6-9-21(10-7-19)25(27)28/h4-13,16H,3,14-15,17H2,1-2H3,(H,27,28)/t26-/m1/s1. The van der Waals surface area contributed by atoms with Gasteiger partial charge in [0.25, 0.3) is 0 Å². The average Bonchev–Trinajstić information content (AvgIpc) is 2.75. The van der Waals surface area contributed by atoms with Crippen LogP contribution >= 0.6 is 0 Å². The van der Waals surface area contributed by atoms with Crippen LogP contribution in [0.3, 0.4) is 0 Å². The van der Waals surface area contributed by atoms with Crippen molar-refractivity contribution >= 4 is 5.97 Å². The molecule has 0 unspecified atom stereocenters. The van der Waals surface area contributed by atoms with Crippen LogP contribution in [0.2, 0.25) is 0 Å². The largest absolute Gasteiger partial charge is 0.494 e. The van der Waals surface area contributed by atoms with Gasteiger partial charge in [0.2, 0.25) is 0 Å². The first-order valence-electron chi connectivity index (χ1n) is 10.3. The van der Waals surface area contributed by atoms with Gasteiger partial charge in [-0.15, -0.1) is 0 Å². The summed E-state index contributed by atoms with van der Waals surface area (Å²) in [5, 5.41) is 9.10. The van der Waals surface area contributed by atoms with E-state index >= 15 is 0 Å². The third kappa shape index (κ3) is 4.33. The van der Waals surface area contributed by atoms with Gasteiger partial charge >= 0.3 is 5.97 Å². The van der Waals surface area contributed by atoms with Crippen molar-refractivity contribution in [1.29, 1.82) is 0 Å². The molecular formula is C26H26O4. The lowest BCUT2D eigenvalue weighted by Gasteiger charge is -2.36. The molecule has 1 aliphatic heterocycles. The van der Waals surface area contributed by atoms with Crippen molar-refractivity contribution in [3.05, 3.63) is 83.4 Å². The summed E-state index contributed by atoms with van der Waals surface area (Å²) >= 11 is 0. The molecule has 3 aromatic carbocycles. The van der Waals surface area contributed by atoms with Gasteiger partial charge in [-0.05, 0) is 79.3 Å². The average molecular weight is 402 g/mol. The summed E-state index contributed by atoms with van der Waals surface area (Å²) in [7, 11) is 0. The molecule has 1 aliphatic rings. The van der Waals surface area contributed by atoms with Crippen LogP contribution in [-0.2, 0) is 12.8 Å². The number of ether oxygens (including phenoxy) is 2. The maximum atomic E-state index is 11.1. The Morgan fingerprint density at radius 1 is 1.03 bits per heavy atom. The van der Waals surface area contributed by atoms with Crippen molar-refractivity contribution in [2.45, 2.75) is 38.7 Å². The zero-order valence-corrected chi connectivity index (χ0v) is 17.4. The van der Waals surface area contributed by atoms with Crippen LogP contribution in [0.4, 0.5) is 0 Å². The Morgan fingerprint density at radius 2 is 1.73 bits per heavy atom. The quantitative estimate of drug-likeness (QED) is 0.568. The van der Waals surface area contributed by atoms with Crippen molar-refractivity contribution in [1.82, 2.24) is 0 Å². The lowest BCUT2D eigenvalue weighted by Crippen LogP contribution is -2.38. The van der Waals surface area contributed by atoms with E-state index in [4.69, 9.17) is 14.6 Å². The Balaban J connectivity index is 1.53. The first kappa shape index (κ1) is 20.0. The normalized spacial score (nSPS) is 17.7. The highest BCUT2D eigenvalue weighted by Crippen LogP contribution is 2.38. The molecule has 1 atom stereocenters. The number of aryl methyl sites for hydroxylation is 1. The summed E-state index contributed by atoms with van der Waals surface area (Å²) in [5.74, 6) is 0.884. The number of benzene rings is 3. The second-order valence-electron chi connectivity index (χ2n) is 8.01. The highest BCUT2D eigenvalue weighted by atomic mass is 16.5. The van der Waals surface area contributed by atoms with Crippen molar-refractivity contribution in [3.63, 3.8) is 0 Å². The third-order valence-corrected chi connectivity index (χ3v) is 5.62. The van der Waals surface area contributed by atoms with Crippen LogP contribution in [0, 0.1) is 0 Å². The van der Waals surface area contributed by atoms with Crippen LogP contribution in [0.15, 0.2) is 66.7 Å². The number of carboxylic acid groups (broad SMARTS) is 1. The molecule has 0 fully saturated rings. The van der Waals surface area contributed by atoms with Crippen molar-refractivity contribution in [2.24, 2.45) is 0 Å². The van der Waals surface area contributed by atoms with E-state index in [1.165, 1.54) is 11.1 Å². The van der Waals surface area contributed by atoms with Crippen molar-refractivity contribution < 1.29 is 19.4 Å². The number of carbonyl (C=O) groups is 1. The molecule has 0 radical (unpaired) electrons. The Bertz CT molecular complexity index is 1040. The molecule has 0 spiro atoms. The molecule has 1 heterocycles. The molecule has 154 valence electrons. The van der Waals surface area contributed by atoms with Crippen molar-refractivity contribution in [2.75, 3.05) is 6.61 Å². The monoisotopic (exact) mass is 402 g/mol. The molecule has 1 N–H and O–H groups in total. The fourth-order valence-corrected chi connectivity index (χ4v) is 3.98. The zero-order chi connectivity index (χ0) is 21.1. The summed E-state index contributed by atoms with van der Waals surface area (Å²) < 4.78 is 12.0. The fraction of sp³-hybridized carbons (Fsp3) is 0.269. The molecule has 3 aromatic rings. The van der Waals surface area contributed by atoms with E-state index in [1.807, 2.05) is 31.2 Å². The Kier molecular flexibility index (Phi) is 5.49. The van der Waals surface area contributed by atoms with E-state index in [9.17, 15) is 4.79 Å². The predicted octanol–water partition coefficient (Wildman–Crippen LogP) is 5.78. The van der Waals surface area contributed by atoms with E-state index in [-0.39, 0.29) is 11.2 Å². The van der Waals surface area contributed by atoms with Gasteiger partial charge in [-0.2, -0.15) is 0 Å². The zero-order valence-electron chi connectivity index (χ0n) is 17.4. The van der Waals surface area contributed by atoms with Gasteiger partial charge in [-0.25, -0.2) is 4.79 Å². The van der Waals surface area contributed by atoms with Gasteiger partial charge in [0, 0.05) is 6.42 Å². The van der Waals surface area contributed by atoms with E-state index in [2.05, 4.69) is 37.3 Å². The Hall–Kier alpha value is -3.27. The van der Waals surface area contributed by atoms with Gasteiger partial charge < -0.3 is 14.6 Å². The van der Waals surface area contributed by atoms with Gasteiger partial charge in [0.15, 0.2) is 0 Å². The topological polar surface area (TPSA) is 55.8 Å². The summed E-state index contributed by atoms with van der Waals surface area (Å²) in [6.07, 6.45) is 2.76. The summed E-state index contributed by atoms with van der Waals surface area (Å²) in [6.45, 7) is 4.82. The summed E-state index contributed by atoms with van der Waals surface area (Å²) in [5.41, 5.74) is 4.46. The van der Waals surface area contributed by atoms with E-state index in [1.54, 1.807) is 12.1 Å². The SMILES string of the molecule is CCOc1ccc(C[C@@]2(C)CCc3ccc(-c4ccc(C(=O)O)cc4)cc3O2)cc1. The maximum absolute atomic E-state index is 11.1. The number of hydrogen-bond acceptors (Lipinski definition) is 3. The Morgan fingerprint density at radius 3 is 2.40 bits per heavy atom. The lowest BCUT2D eigenvalue weighted by molar-refractivity contribution is 0.0654. The smallest absolute Gasteiger partial charge is 0.335 e. The molecule has 0 aromatic heterocycles. The first-order chi connectivity index (χ1) is 14.5. The molecule has 4 nitrogen and oxygen atoms in total. The minimum Gasteiger partial charge on any atom is -0.494 e. The van der Waals surface area contributed by atoms with E-state index in [0.29, 0.717) is 6.61 Å². The van der Waals surface area contributed by atoms with E-state index in [0.717, 1.165) is 41.9 Å². The van der Waals surface area contributed by atoms with Crippen LogP contribution in [0.25, 0.3) is 11.1 Å². The highest BCUT2D eigenvalue weighted by molar-refractivity contribution is 5.88. The van der Waals surface area contributed by atoms with E-state index < -0.39 is 5.97 Å². The highest BCUT2D eigenvalue weighted by Gasteiger charge is 2.32.